The molecule has 0 saturated carbocycles. The number of benzene rings is 1. The van der Waals surface area contributed by atoms with Gasteiger partial charge in [-0.25, -0.2) is 4.68 Å². The van der Waals surface area contributed by atoms with Crippen molar-refractivity contribution in [3.05, 3.63) is 47.8 Å². The Morgan fingerprint density at radius 2 is 2.21 bits per heavy atom. The van der Waals surface area contributed by atoms with Crippen molar-refractivity contribution < 1.29 is 0 Å². The summed E-state index contributed by atoms with van der Waals surface area (Å²) in [7, 11) is 0. The smallest absolute Gasteiger partial charge is 0.0995 e. The number of nitriles is 1. The van der Waals surface area contributed by atoms with Crippen molar-refractivity contribution in [3.8, 4) is 11.8 Å². The highest BCUT2D eigenvalue weighted by Gasteiger charge is 2.04. The zero-order valence-corrected chi connectivity index (χ0v) is 7.81. The molecule has 0 aliphatic rings. The van der Waals surface area contributed by atoms with Crippen LogP contribution in [-0.4, -0.2) is 9.78 Å². The Morgan fingerprint density at radius 1 is 1.36 bits per heavy atom. The van der Waals surface area contributed by atoms with Crippen LogP contribution in [-0.2, 0) is 0 Å². The van der Waals surface area contributed by atoms with Crippen molar-refractivity contribution in [1.82, 2.24) is 9.78 Å². The first kappa shape index (κ1) is 8.52. The maximum Gasteiger partial charge on any atom is 0.0995 e. The summed E-state index contributed by atoms with van der Waals surface area (Å²) in [4.78, 5) is 0. The van der Waals surface area contributed by atoms with E-state index in [4.69, 9.17) is 5.26 Å². The van der Waals surface area contributed by atoms with Crippen LogP contribution in [0, 0.1) is 18.3 Å². The maximum absolute atomic E-state index is 8.86. The van der Waals surface area contributed by atoms with Crippen LogP contribution in [0.1, 0.15) is 11.1 Å². The monoisotopic (exact) mass is 183 g/mol. The van der Waals surface area contributed by atoms with E-state index >= 15 is 0 Å². The molecule has 3 nitrogen and oxygen atoms in total. The highest BCUT2D eigenvalue weighted by atomic mass is 15.3. The van der Waals surface area contributed by atoms with Gasteiger partial charge in [0.2, 0.25) is 0 Å². The fraction of sp³-hybridized carbons (Fsp3) is 0.0909. The van der Waals surface area contributed by atoms with Gasteiger partial charge in [-0.2, -0.15) is 10.4 Å². The van der Waals surface area contributed by atoms with Crippen LogP contribution < -0.4 is 0 Å². The molecule has 1 heterocycles. The van der Waals surface area contributed by atoms with Gasteiger partial charge in [-0.1, -0.05) is 6.07 Å². The van der Waals surface area contributed by atoms with Crippen LogP contribution in [0.5, 0.6) is 0 Å². The molecule has 0 fully saturated rings. The van der Waals surface area contributed by atoms with E-state index in [1.807, 2.05) is 37.4 Å². The minimum absolute atomic E-state index is 0.693. The standard InChI is InChI=1S/C11H9N3/c1-9-10(8-12)4-2-5-11(9)14-7-3-6-13-14/h2-7H,1H3. The number of rotatable bonds is 1. The Labute approximate surface area is 82.2 Å². The van der Waals surface area contributed by atoms with Gasteiger partial charge >= 0.3 is 0 Å². The molecule has 0 radical (unpaired) electrons. The molecule has 1 aromatic carbocycles. The van der Waals surface area contributed by atoms with Crippen molar-refractivity contribution >= 4 is 0 Å². The second-order valence-corrected chi connectivity index (χ2v) is 3.01. The second-order valence-electron chi connectivity index (χ2n) is 3.01. The van der Waals surface area contributed by atoms with E-state index < -0.39 is 0 Å². The van der Waals surface area contributed by atoms with Gasteiger partial charge in [0.25, 0.3) is 0 Å². The molecular weight excluding hydrogens is 174 g/mol. The van der Waals surface area contributed by atoms with Gasteiger partial charge in [0, 0.05) is 12.4 Å². The minimum Gasteiger partial charge on any atom is -0.241 e. The molecule has 0 bridgehead atoms. The van der Waals surface area contributed by atoms with Gasteiger partial charge in [-0.15, -0.1) is 0 Å². The van der Waals surface area contributed by atoms with Gasteiger partial charge < -0.3 is 0 Å². The molecule has 2 aromatic rings. The third-order valence-corrected chi connectivity index (χ3v) is 2.18. The maximum atomic E-state index is 8.86. The van der Waals surface area contributed by atoms with E-state index in [2.05, 4.69) is 11.2 Å². The lowest BCUT2D eigenvalue weighted by atomic mass is 10.1. The third-order valence-electron chi connectivity index (χ3n) is 2.18. The molecule has 0 atom stereocenters. The van der Waals surface area contributed by atoms with Crippen molar-refractivity contribution in [2.45, 2.75) is 6.92 Å². The summed E-state index contributed by atoms with van der Waals surface area (Å²) < 4.78 is 1.76. The molecule has 1 aromatic heterocycles. The molecule has 0 saturated heterocycles. The summed E-state index contributed by atoms with van der Waals surface area (Å²) in [6.45, 7) is 1.93. The molecule has 68 valence electrons. The quantitative estimate of drug-likeness (QED) is 0.679. The molecular formula is C11H9N3. The van der Waals surface area contributed by atoms with E-state index in [9.17, 15) is 0 Å². The summed E-state index contributed by atoms with van der Waals surface area (Å²) in [5.41, 5.74) is 2.60. The predicted molar refractivity (Wildman–Crippen MR) is 53.0 cm³/mol. The number of hydrogen-bond acceptors (Lipinski definition) is 2. The van der Waals surface area contributed by atoms with Gasteiger partial charge in [0.1, 0.15) is 0 Å². The summed E-state index contributed by atoms with van der Waals surface area (Å²) in [5, 5.41) is 13.0. The summed E-state index contributed by atoms with van der Waals surface area (Å²) in [6.07, 6.45) is 3.59. The van der Waals surface area contributed by atoms with Crippen LogP contribution in [0.4, 0.5) is 0 Å². The van der Waals surface area contributed by atoms with Crippen molar-refractivity contribution in [3.63, 3.8) is 0 Å². The molecule has 3 heteroatoms. The van der Waals surface area contributed by atoms with E-state index in [1.165, 1.54) is 0 Å². The Balaban J connectivity index is 2.61. The van der Waals surface area contributed by atoms with Crippen LogP contribution in [0.2, 0.25) is 0 Å². The number of nitrogens with zero attached hydrogens (tertiary/aromatic N) is 3. The molecule has 0 amide bonds. The Hall–Kier alpha value is -2.08. The molecule has 0 N–H and O–H groups in total. The fourth-order valence-corrected chi connectivity index (χ4v) is 1.40. The van der Waals surface area contributed by atoms with Crippen LogP contribution >= 0.6 is 0 Å². The van der Waals surface area contributed by atoms with E-state index in [-0.39, 0.29) is 0 Å². The van der Waals surface area contributed by atoms with Gasteiger partial charge in [-0.05, 0) is 30.7 Å². The lowest BCUT2D eigenvalue weighted by Crippen LogP contribution is -1.98. The normalized spacial score (nSPS) is 9.71. The average molecular weight is 183 g/mol. The van der Waals surface area contributed by atoms with E-state index in [0.29, 0.717) is 5.56 Å². The molecule has 0 spiro atoms. The molecule has 14 heavy (non-hydrogen) atoms. The minimum atomic E-state index is 0.693. The van der Waals surface area contributed by atoms with Crippen molar-refractivity contribution in [2.75, 3.05) is 0 Å². The average Bonchev–Trinajstić information content (AvgIpc) is 2.71. The van der Waals surface area contributed by atoms with Crippen LogP contribution in [0.3, 0.4) is 0 Å². The Morgan fingerprint density at radius 3 is 2.86 bits per heavy atom. The largest absolute Gasteiger partial charge is 0.241 e. The zero-order chi connectivity index (χ0) is 9.97. The van der Waals surface area contributed by atoms with Gasteiger partial charge in [-0.3, -0.25) is 0 Å². The van der Waals surface area contributed by atoms with Crippen LogP contribution in [0.15, 0.2) is 36.7 Å². The number of aromatic nitrogens is 2. The Kier molecular flexibility index (Phi) is 2.04. The summed E-state index contributed by atoms with van der Waals surface area (Å²) >= 11 is 0. The second kappa shape index (κ2) is 3.35. The van der Waals surface area contributed by atoms with Gasteiger partial charge in [0.05, 0.1) is 17.3 Å². The predicted octanol–water partition coefficient (Wildman–Crippen LogP) is 2.05. The summed E-state index contributed by atoms with van der Waals surface area (Å²) in [5.74, 6) is 0. The lowest BCUT2D eigenvalue weighted by molar-refractivity contribution is 0.872. The van der Waals surface area contributed by atoms with E-state index in [0.717, 1.165) is 11.3 Å². The molecule has 0 unspecified atom stereocenters. The fourth-order valence-electron chi connectivity index (χ4n) is 1.40. The van der Waals surface area contributed by atoms with Crippen molar-refractivity contribution in [1.29, 1.82) is 5.26 Å². The first-order valence-corrected chi connectivity index (χ1v) is 4.32. The topological polar surface area (TPSA) is 41.6 Å². The zero-order valence-electron chi connectivity index (χ0n) is 7.81. The first-order chi connectivity index (χ1) is 6.83. The van der Waals surface area contributed by atoms with E-state index in [1.54, 1.807) is 10.9 Å². The molecule has 2 rings (SSSR count). The number of hydrogen-bond donors (Lipinski definition) is 0. The highest BCUT2D eigenvalue weighted by molar-refractivity contribution is 5.49. The highest BCUT2D eigenvalue weighted by Crippen LogP contribution is 2.16. The first-order valence-electron chi connectivity index (χ1n) is 4.32. The lowest BCUT2D eigenvalue weighted by Gasteiger charge is -2.06. The summed E-state index contributed by atoms with van der Waals surface area (Å²) in [6, 6.07) is 9.64. The van der Waals surface area contributed by atoms with Crippen LogP contribution in [0.25, 0.3) is 5.69 Å². The van der Waals surface area contributed by atoms with Gasteiger partial charge in [0.15, 0.2) is 0 Å². The van der Waals surface area contributed by atoms with Crippen molar-refractivity contribution in [2.24, 2.45) is 0 Å². The molecule has 0 aliphatic carbocycles. The third kappa shape index (κ3) is 1.27. The molecule has 0 aliphatic heterocycles. The SMILES string of the molecule is Cc1c(C#N)cccc1-n1cccn1. The Bertz CT molecular complexity index is 478.